The Morgan fingerprint density at radius 3 is 2.44 bits per heavy atom. The average Bonchev–Trinajstić information content (AvgIpc) is 3.31. The van der Waals surface area contributed by atoms with Gasteiger partial charge in [0.25, 0.3) is 5.56 Å². The molecule has 0 aliphatic rings. The number of benzene rings is 3. The topological polar surface area (TPSA) is 84.1 Å². The van der Waals surface area contributed by atoms with Crippen LogP contribution >= 0.6 is 0 Å². The van der Waals surface area contributed by atoms with Crippen molar-refractivity contribution in [3.05, 3.63) is 106 Å². The molecule has 2 heterocycles. The Kier molecular flexibility index (Phi) is 5.78. The third-order valence-electron chi connectivity index (χ3n) is 5.54. The molecule has 5 rings (SSSR count). The van der Waals surface area contributed by atoms with E-state index in [1.54, 1.807) is 28.6 Å². The van der Waals surface area contributed by atoms with Crippen LogP contribution in [0.15, 0.2) is 83.8 Å². The standard InChI is InChI=1S/C26H23N5O3/c1-18-7-3-6-10-24(18)31-25(27-23-9-5-4-8-22(23)26(31)32)16-30-15-19(28-29-30)17-34-21-13-11-20(33-2)12-14-21/h3-15H,16-17H2,1-2H3. The summed E-state index contributed by atoms with van der Waals surface area (Å²) >= 11 is 0. The zero-order valence-corrected chi connectivity index (χ0v) is 18.9. The molecule has 0 atom stereocenters. The third kappa shape index (κ3) is 4.25. The molecule has 0 bridgehead atoms. The van der Waals surface area contributed by atoms with Crippen LogP contribution in [0.5, 0.6) is 11.5 Å². The second-order valence-corrected chi connectivity index (χ2v) is 7.84. The van der Waals surface area contributed by atoms with Crippen molar-refractivity contribution >= 4 is 10.9 Å². The van der Waals surface area contributed by atoms with Gasteiger partial charge in [-0.15, -0.1) is 5.10 Å². The SMILES string of the molecule is COc1ccc(OCc2cn(Cc3nc4ccccc4c(=O)n3-c3ccccc3C)nn2)cc1. The van der Waals surface area contributed by atoms with Gasteiger partial charge in [-0.3, -0.25) is 9.36 Å². The van der Waals surface area contributed by atoms with Gasteiger partial charge in [0.1, 0.15) is 36.2 Å². The smallest absolute Gasteiger partial charge is 0.266 e. The molecule has 2 aromatic heterocycles. The predicted octanol–water partition coefficient (Wildman–Crippen LogP) is 3.92. The first-order valence-electron chi connectivity index (χ1n) is 10.8. The number of ether oxygens (including phenoxy) is 2. The molecule has 0 aliphatic carbocycles. The first kappa shape index (κ1) is 21.4. The van der Waals surface area contributed by atoms with E-state index < -0.39 is 0 Å². The van der Waals surface area contributed by atoms with Crippen LogP contribution in [-0.2, 0) is 13.2 Å². The fourth-order valence-electron chi connectivity index (χ4n) is 3.80. The van der Waals surface area contributed by atoms with Crippen molar-refractivity contribution in [2.24, 2.45) is 0 Å². The Hall–Kier alpha value is -4.46. The minimum Gasteiger partial charge on any atom is -0.497 e. The molecule has 0 saturated carbocycles. The van der Waals surface area contributed by atoms with Crippen molar-refractivity contribution < 1.29 is 9.47 Å². The van der Waals surface area contributed by atoms with E-state index in [-0.39, 0.29) is 18.7 Å². The minimum absolute atomic E-state index is 0.113. The van der Waals surface area contributed by atoms with Gasteiger partial charge in [0, 0.05) is 0 Å². The number of fused-ring (bicyclic) bond motifs is 1. The molecule has 0 saturated heterocycles. The Labute approximate surface area is 196 Å². The number of para-hydroxylation sites is 2. The average molecular weight is 454 g/mol. The van der Waals surface area contributed by atoms with E-state index >= 15 is 0 Å². The molecule has 0 fully saturated rings. The third-order valence-corrected chi connectivity index (χ3v) is 5.54. The van der Waals surface area contributed by atoms with Gasteiger partial charge in [-0.05, 0) is 55.0 Å². The van der Waals surface area contributed by atoms with E-state index in [1.165, 1.54) is 0 Å². The number of nitrogens with zero attached hydrogens (tertiary/aromatic N) is 5. The van der Waals surface area contributed by atoms with Gasteiger partial charge in [0.2, 0.25) is 0 Å². The highest BCUT2D eigenvalue weighted by atomic mass is 16.5. The minimum atomic E-state index is -0.113. The zero-order valence-electron chi connectivity index (χ0n) is 18.9. The van der Waals surface area contributed by atoms with Crippen LogP contribution in [0.1, 0.15) is 17.1 Å². The lowest BCUT2D eigenvalue weighted by atomic mass is 10.2. The van der Waals surface area contributed by atoms with Crippen LogP contribution in [0.4, 0.5) is 0 Å². The van der Waals surface area contributed by atoms with Gasteiger partial charge >= 0.3 is 0 Å². The molecule has 170 valence electrons. The van der Waals surface area contributed by atoms with Crippen molar-refractivity contribution in [3.63, 3.8) is 0 Å². The molecule has 0 aliphatic heterocycles. The summed E-state index contributed by atoms with van der Waals surface area (Å²) < 4.78 is 14.3. The quantitative estimate of drug-likeness (QED) is 0.371. The fraction of sp³-hybridized carbons (Fsp3) is 0.154. The molecule has 8 nitrogen and oxygen atoms in total. The highest BCUT2D eigenvalue weighted by molar-refractivity contribution is 5.77. The summed E-state index contributed by atoms with van der Waals surface area (Å²) in [6.07, 6.45) is 1.80. The molecule has 0 spiro atoms. The molecular formula is C26H23N5O3. The van der Waals surface area contributed by atoms with Crippen molar-refractivity contribution in [1.29, 1.82) is 0 Å². The number of aryl methyl sites for hydroxylation is 1. The van der Waals surface area contributed by atoms with Crippen molar-refractivity contribution in [1.82, 2.24) is 24.5 Å². The maximum atomic E-state index is 13.5. The van der Waals surface area contributed by atoms with Crippen LogP contribution in [0.3, 0.4) is 0 Å². The Morgan fingerprint density at radius 2 is 1.65 bits per heavy atom. The van der Waals surface area contributed by atoms with Crippen molar-refractivity contribution in [3.8, 4) is 17.2 Å². The summed E-state index contributed by atoms with van der Waals surface area (Å²) in [7, 11) is 1.62. The molecular weight excluding hydrogens is 430 g/mol. The van der Waals surface area contributed by atoms with Gasteiger partial charge < -0.3 is 9.47 Å². The maximum absolute atomic E-state index is 13.5. The monoisotopic (exact) mass is 453 g/mol. The molecule has 0 radical (unpaired) electrons. The summed E-state index contributed by atoms with van der Waals surface area (Å²) in [5, 5.41) is 9.01. The van der Waals surface area contributed by atoms with Crippen LogP contribution in [0.2, 0.25) is 0 Å². The lowest BCUT2D eigenvalue weighted by Gasteiger charge is -2.15. The fourth-order valence-corrected chi connectivity index (χ4v) is 3.80. The molecule has 34 heavy (non-hydrogen) atoms. The highest BCUT2D eigenvalue weighted by Crippen LogP contribution is 2.19. The number of rotatable bonds is 7. The van der Waals surface area contributed by atoms with Gasteiger partial charge in [-0.25, -0.2) is 9.67 Å². The number of hydrogen-bond acceptors (Lipinski definition) is 6. The second kappa shape index (κ2) is 9.19. The summed E-state index contributed by atoms with van der Waals surface area (Å²) in [6, 6.07) is 22.5. The van der Waals surface area contributed by atoms with E-state index in [4.69, 9.17) is 14.5 Å². The zero-order chi connectivity index (χ0) is 23.5. The molecule has 0 N–H and O–H groups in total. The van der Waals surface area contributed by atoms with Crippen LogP contribution in [-0.4, -0.2) is 31.7 Å². The van der Waals surface area contributed by atoms with Gasteiger partial charge in [-0.2, -0.15) is 0 Å². The summed E-state index contributed by atoms with van der Waals surface area (Å²) in [4.78, 5) is 18.3. The van der Waals surface area contributed by atoms with E-state index in [9.17, 15) is 4.79 Å². The number of aromatic nitrogens is 5. The largest absolute Gasteiger partial charge is 0.497 e. The highest BCUT2D eigenvalue weighted by Gasteiger charge is 2.15. The Bertz CT molecular complexity index is 1510. The van der Waals surface area contributed by atoms with E-state index in [0.29, 0.717) is 28.2 Å². The lowest BCUT2D eigenvalue weighted by molar-refractivity contribution is 0.300. The normalized spacial score (nSPS) is 11.0. The van der Waals surface area contributed by atoms with Crippen molar-refractivity contribution in [2.45, 2.75) is 20.1 Å². The summed E-state index contributed by atoms with van der Waals surface area (Å²) in [5.74, 6) is 2.05. The van der Waals surface area contributed by atoms with Crippen LogP contribution < -0.4 is 15.0 Å². The van der Waals surface area contributed by atoms with Gasteiger partial charge in [-0.1, -0.05) is 35.5 Å². The first-order valence-corrected chi connectivity index (χ1v) is 10.8. The van der Waals surface area contributed by atoms with Crippen LogP contribution in [0, 0.1) is 6.92 Å². The van der Waals surface area contributed by atoms with E-state index in [2.05, 4.69) is 10.3 Å². The van der Waals surface area contributed by atoms with E-state index in [0.717, 1.165) is 17.0 Å². The molecule has 0 amide bonds. The molecule has 3 aromatic carbocycles. The summed E-state index contributed by atoms with van der Waals surface area (Å²) in [6.45, 7) is 2.52. The second-order valence-electron chi connectivity index (χ2n) is 7.84. The lowest BCUT2D eigenvalue weighted by Crippen LogP contribution is -2.26. The first-order chi connectivity index (χ1) is 16.6. The number of methoxy groups -OCH3 is 1. The van der Waals surface area contributed by atoms with Gasteiger partial charge in [0.15, 0.2) is 0 Å². The van der Waals surface area contributed by atoms with Crippen molar-refractivity contribution in [2.75, 3.05) is 7.11 Å². The Morgan fingerprint density at radius 1 is 0.912 bits per heavy atom. The molecule has 0 unspecified atom stereocenters. The van der Waals surface area contributed by atoms with Gasteiger partial charge in [0.05, 0.1) is 29.9 Å². The van der Waals surface area contributed by atoms with E-state index in [1.807, 2.05) is 73.7 Å². The predicted molar refractivity (Wildman–Crippen MR) is 129 cm³/mol. The summed E-state index contributed by atoms with van der Waals surface area (Å²) in [5.41, 5.74) is 2.98. The Balaban J connectivity index is 1.45. The number of hydrogen-bond donors (Lipinski definition) is 0. The molecule has 5 aromatic rings. The molecule has 8 heteroatoms. The maximum Gasteiger partial charge on any atom is 0.266 e. The van der Waals surface area contributed by atoms with Crippen LogP contribution in [0.25, 0.3) is 16.6 Å².